The van der Waals surface area contributed by atoms with Crippen LogP contribution < -0.4 is 21.7 Å². The van der Waals surface area contributed by atoms with Crippen molar-refractivity contribution in [3.05, 3.63) is 65.2 Å². The summed E-state index contributed by atoms with van der Waals surface area (Å²) in [7, 11) is 0. The number of amides is 4. The van der Waals surface area contributed by atoms with Gasteiger partial charge < -0.3 is 21.7 Å². The molecule has 8 nitrogen and oxygen atoms in total. The molecule has 0 radical (unpaired) electrons. The number of halogens is 2. The molecule has 0 aromatic heterocycles. The fourth-order valence-electron chi connectivity index (χ4n) is 2.29. The number of nitrogens with one attached hydrogen (secondary N) is 3. The minimum absolute atomic E-state index is 0.0831. The van der Waals surface area contributed by atoms with E-state index in [-0.39, 0.29) is 30.6 Å². The van der Waals surface area contributed by atoms with E-state index < -0.39 is 35.3 Å². The smallest absolute Gasteiger partial charge is 0.254 e. The highest BCUT2D eigenvalue weighted by molar-refractivity contribution is 5.99. The number of hydrogen-bond acceptors (Lipinski definition) is 4. The Morgan fingerprint density at radius 1 is 0.931 bits per heavy atom. The maximum atomic E-state index is 13.5. The number of carbonyl (C=O) groups is 4. The molecule has 152 valence electrons. The van der Waals surface area contributed by atoms with Crippen LogP contribution in [-0.4, -0.2) is 36.7 Å². The lowest BCUT2D eigenvalue weighted by Crippen LogP contribution is -2.33. The number of anilines is 1. The van der Waals surface area contributed by atoms with Gasteiger partial charge in [-0.15, -0.1) is 0 Å². The summed E-state index contributed by atoms with van der Waals surface area (Å²) in [5.74, 6) is -4.26. The fraction of sp³-hybridized carbons (Fsp3) is 0.158. The van der Waals surface area contributed by atoms with Gasteiger partial charge in [0, 0.05) is 30.3 Å². The standard InChI is InChI=1S/C19H18F2N4O4/c20-12-4-5-14(15(21)9-12)19(29)23-7-6-17(27)25-13-3-1-2-11(8-13)18(28)24-10-16(22)26/h1-5,8-9H,6-7,10H2,(H2,22,26)(H,23,29)(H,24,28)(H,25,27). The third-order valence-electron chi connectivity index (χ3n) is 3.65. The summed E-state index contributed by atoms with van der Waals surface area (Å²) >= 11 is 0. The van der Waals surface area contributed by atoms with Gasteiger partial charge in [0.05, 0.1) is 12.1 Å². The number of primary amides is 1. The lowest BCUT2D eigenvalue weighted by Gasteiger charge is -2.09. The fourth-order valence-corrected chi connectivity index (χ4v) is 2.29. The lowest BCUT2D eigenvalue weighted by atomic mass is 10.2. The SMILES string of the molecule is NC(=O)CNC(=O)c1cccc(NC(=O)CCNC(=O)c2ccc(F)cc2F)c1. The molecule has 2 aromatic carbocycles. The molecule has 29 heavy (non-hydrogen) atoms. The minimum atomic E-state index is -1.00. The molecule has 0 atom stereocenters. The molecule has 5 N–H and O–H groups in total. The number of rotatable bonds is 8. The van der Waals surface area contributed by atoms with E-state index in [4.69, 9.17) is 5.73 Å². The van der Waals surface area contributed by atoms with Crippen LogP contribution in [0.2, 0.25) is 0 Å². The topological polar surface area (TPSA) is 130 Å². The Hall–Kier alpha value is -3.82. The quantitative estimate of drug-likeness (QED) is 0.522. The molecule has 10 heteroatoms. The second kappa shape index (κ2) is 9.93. The predicted octanol–water partition coefficient (Wildman–Crippen LogP) is 0.938. The first-order chi connectivity index (χ1) is 13.8. The average molecular weight is 404 g/mol. The van der Waals surface area contributed by atoms with Crippen molar-refractivity contribution < 1.29 is 28.0 Å². The van der Waals surface area contributed by atoms with Crippen LogP contribution in [0.5, 0.6) is 0 Å². The minimum Gasteiger partial charge on any atom is -0.368 e. The molecule has 0 saturated heterocycles. The largest absolute Gasteiger partial charge is 0.368 e. The zero-order valence-electron chi connectivity index (χ0n) is 15.1. The van der Waals surface area contributed by atoms with Gasteiger partial charge in [-0.25, -0.2) is 8.78 Å². The number of nitrogens with two attached hydrogens (primary N) is 1. The van der Waals surface area contributed by atoms with E-state index in [0.717, 1.165) is 12.1 Å². The van der Waals surface area contributed by atoms with Gasteiger partial charge in [-0.1, -0.05) is 6.07 Å². The Labute approximate surface area is 164 Å². The van der Waals surface area contributed by atoms with Crippen LogP contribution in [0.15, 0.2) is 42.5 Å². The van der Waals surface area contributed by atoms with Crippen molar-refractivity contribution in [2.24, 2.45) is 5.73 Å². The molecule has 2 aromatic rings. The summed E-state index contributed by atoms with van der Waals surface area (Å²) < 4.78 is 26.4. The highest BCUT2D eigenvalue weighted by atomic mass is 19.1. The number of benzene rings is 2. The molecule has 0 aliphatic heterocycles. The lowest BCUT2D eigenvalue weighted by molar-refractivity contribution is -0.117. The van der Waals surface area contributed by atoms with Gasteiger partial charge in [-0.05, 0) is 30.3 Å². The van der Waals surface area contributed by atoms with E-state index >= 15 is 0 Å². The molecule has 0 fully saturated rings. The second-order valence-corrected chi connectivity index (χ2v) is 5.91. The van der Waals surface area contributed by atoms with Gasteiger partial charge >= 0.3 is 0 Å². The molecule has 2 rings (SSSR count). The summed E-state index contributed by atoms with van der Waals surface area (Å²) in [6, 6.07) is 8.54. The first-order valence-corrected chi connectivity index (χ1v) is 8.46. The Morgan fingerprint density at radius 2 is 1.69 bits per heavy atom. The third kappa shape index (κ3) is 6.69. The summed E-state index contributed by atoms with van der Waals surface area (Å²) in [5.41, 5.74) is 5.17. The average Bonchev–Trinajstić information content (AvgIpc) is 2.66. The van der Waals surface area contributed by atoms with Crippen LogP contribution in [0.25, 0.3) is 0 Å². The molecule has 0 aliphatic rings. The molecule has 0 bridgehead atoms. The van der Waals surface area contributed by atoms with Crippen LogP contribution >= 0.6 is 0 Å². The predicted molar refractivity (Wildman–Crippen MR) is 99.9 cm³/mol. The first kappa shape index (κ1) is 21.5. The highest BCUT2D eigenvalue weighted by Crippen LogP contribution is 2.11. The highest BCUT2D eigenvalue weighted by Gasteiger charge is 2.13. The van der Waals surface area contributed by atoms with Crippen molar-refractivity contribution >= 4 is 29.3 Å². The van der Waals surface area contributed by atoms with E-state index in [9.17, 15) is 28.0 Å². The molecule has 0 spiro atoms. The summed E-state index contributed by atoms with van der Waals surface area (Å²) in [6.45, 7) is -0.399. The third-order valence-corrected chi connectivity index (χ3v) is 3.65. The molecular formula is C19H18F2N4O4. The zero-order valence-corrected chi connectivity index (χ0v) is 15.1. The van der Waals surface area contributed by atoms with Crippen LogP contribution in [0, 0.1) is 11.6 Å². The Bertz CT molecular complexity index is 950. The molecule has 0 aliphatic carbocycles. The normalized spacial score (nSPS) is 10.1. The van der Waals surface area contributed by atoms with Gasteiger partial charge in [-0.3, -0.25) is 19.2 Å². The maximum absolute atomic E-state index is 13.5. The summed E-state index contributed by atoms with van der Waals surface area (Å²) in [5, 5.41) is 7.23. The van der Waals surface area contributed by atoms with Crippen molar-refractivity contribution in [1.82, 2.24) is 10.6 Å². The number of hydrogen-bond donors (Lipinski definition) is 4. The van der Waals surface area contributed by atoms with Crippen molar-refractivity contribution in [3.63, 3.8) is 0 Å². The van der Waals surface area contributed by atoms with Gasteiger partial charge in [0.25, 0.3) is 11.8 Å². The van der Waals surface area contributed by atoms with E-state index in [2.05, 4.69) is 16.0 Å². The van der Waals surface area contributed by atoms with Crippen molar-refractivity contribution in [1.29, 1.82) is 0 Å². The maximum Gasteiger partial charge on any atom is 0.254 e. The monoisotopic (exact) mass is 404 g/mol. The Kier molecular flexibility index (Phi) is 7.35. The molecule has 4 amide bonds. The first-order valence-electron chi connectivity index (χ1n) is 8.46. The van der Waals surface area contributed by atoms with Crippen LogP contribution in [-0.2, 0) is 9.59 Å². The summed E-state index contributed by atoms with van der Waals surface area (Å²) in [4.78, 5) is 46.4. The van der Waals surface area contributed by atoms with Crippen molar-refractivity contribution in [3.8, 4) is 0 Å². The second-order valence-electron chi connectivity index (χ2n) is 5.91. The molecule has 0 saturated carbocycles. The van der Waals surface area contributed by atoms with Crippen molar-refractivity contribution in [2.45, 2.75) is 6.42 Å². The van der Waals surface area contributed by atoms with Crippen LogP contribution in [0.4, 0.5) is 14.5 Å². The Morgan fingerprint density at radius 3 is 2.38 bits per heavy atom. The molecular weight excluding hydrogens is 386 g/mol. The molecule has 0 unspecified atom stereocenters. The van der Waals surface area contributed by atoms with E-state index in [1.54, 1.807) is 6.07 Å². The summed E-state index contributed by atoms with van der Waals surface area (Å²) in [6.07, 6.45) is -0.118. The Balaban J connectivity index is 1.84. The van der Waals surface area contributed by atoms with Gasteiger partial charge in [0.15, 0.2) is 0 Å². The molecule has 0 heterocycles. The van der Waals surface area contributed by atoms with Crippen molar-refractivity contribution in [2.75, 3.05) is 18.4 Å². The van der Waals surface area contributed by atoms with Gasteiger partial charge in [0.2, 0.25) is 11.8 Å². The van der Waals surface area contributed by atoms with Gasteiger partial charge in [-0.2, -0.15) is 0 Å². The van der Waals surface area contributed by atoms with E-state index in [1.165, 1.54) is 18.2 Å². The van der Waals surface area contributed by atoms with Gasteiger partial charge in [0.1, 0.15) is 11.6 Å². The number of carbonyl (C=O) groups excluding carboxylic acids is 4. The van der Waals surface area contributed by atoms with E-state index in [0.29, 0.717) is 11.8 Å². The van der Waals surface area contributed by atoms with Crippen LogP contribution in [0.1, 0.15) is 27.1 Å². The van der Waals surface area contributed by atoms with Crippen LogP contribution in [0.3, 0.4) is 0 Å². The van der Waals surface area contributed by atoms with E-state index in [1.807, 2.05) is 0 Å². The zero-order chi connectivity index (χ0) is 21.4.